The van der Waals surface area contributed by atoms with Crippen LogP contribution in [0.2, 0.25) is 0 Å². The van der Waals surface area contributed by atoms with Gasteiger partial charge in [0.05, 0.1) is 6.54 Å². The Bertz CT molecular complexity index is 496. The Morgan fingerprint density at radius 3 is 3.10 bits per heavy atom. The summed E-state index contributed by atoms with van der Waals surface area (Å²) >= 11 is 0. The molecule has 1 unspecified atom stereocenters. The van der Waals surface area contributed by atoms with E-state index in [0.29, 0.717) is 24.7 Å². The molecule has 20 heavy (non-hydrogen) atoms. The van der Waals surface area contributed by atoms with Crippen LogP contribution in [0.4, 0.5) is 0 Å². The number of hydrogen-bond donors (Lipinski definition) is 2. The molecule has 0 saturated carbocycles. The highest BCUT2D eigenvalue weighted by Crippen LogP contribution is 2.15. The predicted molar refractivity (Wildman–Crippen MR) is 76.0 cm³/mol. The molecule has 0 aromatic carbocycles. The lowest BCUT2D eigenvalue weighted by Crippen LogP contribution is -2.26. The van der Waals surface area contributed by atoms with Gasteiger partial charge in [-0.15, -0.1) is 0 Å². The molecule has 0 radical (unpaired) electrons. The number of ether oxygens (including phenoxy) is 1. The van der Waals surface area contributed by atoms with Gasteiger partial charge in [-0.05, 0) is 30.9 Å². The van der Waals surface area contributed by atoms with E-state index in [2.05, 4.69) is 22.1 Å². The summed E-state index contributed by atoms with van der Waals surface area (Å²) < 4.78 is 5.30. The molecular weight excluding hydrogens is 254 g/mol. The number of rotatable bonds is 4. The minimum atomic E-state index is -0.151. The van der Waals surface area contributed by atoms with Crippen molar-refractivity contribution in [3.8, 4) is 11.8 Å². The van der Waals surface area contributed by atoms with Crippen LogP contribution in [0, 0.1) is 17.8 Å². The molecule has 1 amide bonds. The molecule has 2 heterocycles. The van der Waals surface area contributed by atoms with Crippen molar-refractivity contribution in [3.05, 3.63) is 29.6 Å². The van der Waals surface area contributed by atoms with Gasteiger partial charge in [-0.3, -0.25) is 4.79 Å². The van der Waals surface area contributed by atoms with Gasteiger partial charge < -0.3 is 15.8 Å². The van der Waals surface area contributed by atoms with Gasteiger partial charge in [-0.25, -0.2) is 4.98 Å². The van der Waals surface area contributed by atoms with Crippen molar-refractivity contribution < 1.29 is 9.53 Å². The highest BCUT2D eigenvalue weighted by atomic mass is 16.5. The molecule has 2 rings (SSSR count). The van der Waals surface area contributed by atoms with Crippen LogP contribution in [0.5, 0.6) is 0 Å². The van der Waals surface area contributed by atoms with Gasteiger partial charge in [-0.2, -0.15) is 0 Å². The number of pyridine rings is 1. The summed E-state index contributed by atoms with van der Waals surface area (Å²) in [4.78, 5) is 16.0. The van der Waals surface area contributed by atoms with Crippen molar-refractivity contribution in [1.82, 2.24) is 10.3 Å². The highest BCUT2D eigenvalue weighted by Gasteiger charge is 2.15. The molecule has 1 atom stereocenters. The minimum absolute atomic E-state index is 0.151. The van der Waals surface area contributed by atoms with Gasteiger partial charge in [0.2, 0.25) is 0 Å². The van der Waals surface area contributed by atoms with E-state index in [9.17, 15) is 4.79 Å². The van der Waals surface area contributed by atoms with E-state index in [1.807, 2.05) is 0 Å². The molecule has 1 saturated heterocycles. The first-order valence-corrected chi connectivity index (χ1v) is 6.80. The van der Waals surface area contributed by atoms with Gasteiger partial charge in [0.1, 0.15) is 5.69 Å². The first-order valence-electron chi connectivity index (χ1n) is 6.80. The average Bonchev–Trinajstić information content (AvgIpc) is 2.99. The Morgan fingerprint density at radius 1 is 1.55 bits per heavy atom. The molecule has 1 aliphatic heterocycles. The monoisotopic (exact) mass is 273 g/mol. The van der Waals surface area contributed by atoms with Crippen LogP contribution < -0.4 is 11.1 Å². The lowest BCUT2D eigenvalue weighted by Gasteiger charge is -2.08. The summed E-state index contributed by atoms with van der Waals surface area (Å²) in [7, 11) is 0. The maximum Gasteiger partial charge on any atom is 0.269 e. The molecule has 5 heteroatoms. The Morgan fingerprint density at radius 2 is 2.45 bits per heavy atom. The average molecular weight is 273 g/mol. The maximum absolute atomic E-state index is 11.9. The first-order chi connectivity index (χ1) is 9.79. The molecule has 3 N–H and O–H groups in total. The van der Waals surface area contributed by atoms with E-state index in [-0.39, 0.29) is 5.91 Å². The number of aromatic nitrogens is 1. The van der Waals surface area contributed by atoms with E-state index in [4.69, 9.17) is 10.5 Å². The molecule has 0 aliphatic carbocycles. The van der Waals surface area contributed by atoms with Crippen molar-refractivity contribution in [2.75, 3.05) is 26.3 Å². The first kappa shape index (κ1) is 14.5. The Kier molecular flexibility index (Phi) is 5.54. The zero-order valence-electron chi connectivity index (χ0n) is 11.4. The van der Waals surface area contributed by atoms with Crippen LogP contribution in [0.15, 0.2) is 18.3 Å². The fourth-order valence-electron chi connectivity index (χ4n) is 2.05. The molecular formula is C15H19N3O2. The smallest absolute Gasteiger partial charge is 0.269 e. The largest absolute Gasteiger partial charge is 0.381 e. The third-order valence-electron chi connectivity index (χ3n) is 3.19. The van der Waals surface area contributed by atoms with Crippen molar-refractivity contribution in [2.24, 2.45) is 11.7 Å². The third-order valence-corrected chi connectivity index (χ3v) is 3.19. The third kappa shape index (κ3) is 4.34. The standard InChI is InChI=1S/C15H19N3O2/c16-7-1-2-12-3-4-14(18-10-12)15(19)17-8-5-13-6-9-20-11-13/h3-4,10,13H,5-9,11,16H2,(H,17,19). The summed E-state index contributed by atoms with van der Waals surface area (Å²) in [5.74, 6) is 6.03. The van der Waals surface area contributed by atoms with Gasteiger partial charge in [0, 0.05) is 31.5 Å². The second-order valence-electron chi connectivity index (χ2n) is 4.71. The zero-order chi connectivity index (χ0) is 14.2. The van der Waals surface area contributed by atoms with Gasteiger partial charge in [-0.1, -0.05) is 11.8 Å². The van der Waals surface area contributed by atoms with Crippen LogP contribution in [0.1, 0.15) is 28.9 Å². The van der Waals surface area contributed by atoms with Crippen LogP contribution in [-0.2, 0) is 4.74 Å². The lowest BCUT2D eigenvalue weighted by molar-refractivity contribution is 0.0945. The van der Waals surface area contributed by atoms with Crippen molar-refractivity contribution in [2.45, 2.75) is 12.8 Å². The van der Waals surface area contributed by atoms with E-state index in [1.165, 1.54) is 0 Å². The fourth-order valence-corrected chi connectivity index (χ4v) is 2.05. The van der Waals surface area contributed by atoms with Crippen LogP contribution in [-0.4, -0.2) is 37.2 Å². The second kappa shape index (κ2) is 7.63. The molecule has 1 aromatic rings. The quantitative estimate of drug-likeness (QED) is 0.785. The van der Waals surface area contributed by atoms with Gasteiger partial charge in [0.15, 0.2) is 0 Å². The van der Waals surface area contributed by atoms with E-state index >= 15 is 0 Å². The molecule has 1 fully saturated rings. The number of nitrogens with zero attached hydrogens (tertiary/aromatic N) is 1. The molecule has 0 spiro atoms. The number of carbonyl (C=O) groups is 1. The van der Waals surface area contributed by atoms with E-state index < -0.39 is 0 Å². The Labute approximate surface area is 118 Å². The maximum atomic E-state index is 11.9. The number of hydrogen-bond acceptors (Lipinski definition) is 4. The molecule has 1 aliphatic rings. The summed E-state index contributed by atoms with van der Waals surface area (Å²) in [5, 5.41) is 2.88. The normalized spacial score (nSPS) is 17.4. The molecule has 1 aromatic heterocycles. The highest BCUT2D eigenvalue weighted by molar-refractivity contribution is 5.92. The van der Waals surface area contributed by atoms with Crippen molar-refractivity contribution >= 4 is 5.91 Å². The molecule has 5 nitrogen and oxygen atoms in total. The Balaban J connectivity index is 1.79. The number of nitrogens with one attached hydrogen (secondary N) is 1. The Hall–Kier alpha value is -1.90. The van der Waals surface area contributed by atoms with E-state index in [1.54, 1.807) is 18.3 Å². The number of nitrogens with two attached hydrogens (primary N) is 1. The van der Waals surface area contributed by atoms with Crippen molar-refractivity contribution in [1.29, 1.82) is 0 Å². The lowest BCUT2D eigenvalue weighted by atomic mass is 10.1. The number of amides is 1. The number of carbonyl (C=O) groups excluding carboxylic acids is 1. The van der Waals surface area contributed by atoms with Gasteiger partial charge in [0.25, 0.3) is 5.91 Å². The summed E-state index contributed by atoms with van der Waals surface area (Å²) in [6, 6.07) is 3.45. The molecule has 0 bridgehead atoms. The predicted octanol–water partition coefficient (Wildman–Crippen LogP) is 0.548. The SMILES string of the molecule is NCC#Cc1ccc(C(=O)NCCC2CCOC2)nc1. The molecule has 106 valence electrons. The fraction of sp³-hybridized carbons (Fsp3) is 0.467. The van der Waals surface area contributed by atoms with Crippen LogP contribution >= 0.6 is 0 Å². The summed E-state index contributed by atoms with van der Waals surface area (Å²) in [6.07, 6.45) is 3.62. The topological polar surface area (TPSA) is 77.2 Å². The second-order valence-corrected chi connectivity index (χ2v) is 4.71. The van der Waals surface area contributed by atoms with E-state index in [0.717, 1.165) is 31.6 Å². The van der Waals surface area contributed by atoms with Gasteiger partial charge >= 0.3 is 0 Å². The van der Waals surface area contributed by atoms with Crippen LogP contribution in [0.25, 0.3) is 0 Å². The minimum Gasteiger partial charge on any atom is -0.381 e. The summed E-state index contributed by atoms with van der Waals surface area (Å²) in [5.41, 5.74) is 6.46. The summed E-state index contributed by atoms with van der Waals surface area (Å²) in [6.45, 7) is 2.62. The van der Waals surface area contributed by atoms with Crippen molar-refractivity contribution in [3.63, 3.8) is 0 Å². The van der Waals surface area contributed by atoms with Crippen LogP contribution in [0.3, 0.4) is 0 Å². The zero-order valence-corrected chi connectivity index (χ0v) is 11.4.